The van der Waals surface area contributed by atoms with Crippen molar-refractivity contribution in [2.75, 3.05) is 6.54 Å². The normalized spacial score (nSPS) is 23.5. The van der Waals surface area contributed by atoms with E-state index in [1.807, 2.05) is 4.90 Å². The lowest BCUT2D eigenvalue weighted by Crippen LogP contribution is -2.45. The Hall–Kier alpha value is -1.46. The van der Waals surface area contributed by atoms with E-state index in [0.717, 1.165) is 36.9 Å². The van der Waals surface area contributed by atoms with E-state index >= 15 is 0 Å². The molecule has 0 spiro atoms. The van der Waals surface area contributed by atoms with Gasteiger partial charge < -0.3 is 4.90 Å². The third-order valence-corrected chi connectivity index (χ3v) is 5.50. The molecule has 2 aliphatic rings. The van der Waals surface area contributed by atoms with Gasteiger partial charge in [0.1, 0.15) is 12.2 Å². The van der Waals surface area contributed by atoms with Crippen molar-refractivity contribution in [3.05, 3.63) is 18.0 Å². The number of carbonyl (C=O) groups is 1. The summed E-state index contributed by atoms with van der Waals surface area (Å²) in [6.07, 6.45) is 9.42. The summed E-state index contributed by atoms with van der Waals surface area (Å²) in [5, 5.41) is 3.92. The topological polar surface area (TPSA) is 38.1 Å². The van der Waals surface area contributed by atoms with Gasteiger partial charge >= 0.3 is 0 Å². The van der Waals surface area contributed by atoms with Crippen molar-refractivity contribution in [2.45, 2.75) is 76.8 Å². The molecule has 0 unspecified atom stereocenters. The molecule has 3 rings (SSSR count). The molecule has 4 nitrogen and oxygen atoms in total. The van der Waals surface area contributed by atoms with Gasteiger partial charge in [-0.3, -0.25) is 9.48 Å². The van der Waals surface area contributed by atoms with Crippen LogP contribution in [0.15, 0.2) is 12.3 Å². The summed E-state index contributed by atoms with van der Waals surface area (Å²) in [5.41, 5.74) is 0.304. The number of nitrogens with zero attached hydrogens (tertiary/aromatic N) is 3. The third kappa shape index (κ3) is 3.95. The summed E-state index contributed by atoms with van der Waals surface area (Å²) < 4.78 is 26.6. The Kier molecular flexibility index (Phi) is 5.85. The number of halogens is 2. The Bertz CT molecular complexity index is 540. The fourth-order valence-electron chi connectivity index (χ4n) is 4.33. The second kappa shape index (κ2) is 8.08. The van der Waals surface area contributed by atoms with Crippen LogP contribution in [0.25, 0.3) is 0 Å². The minimum Gasteiger partial charge on any atom is -0.334 e. The number of hydrogen-bond acceptors (Lipinski definition) is 2. The first-order valence-electron chi connectivity index (χ1n) is 9.27. The number of amides is 1. The Morgan fingerprint density at radius 3 is 2.58 bits per heavy atom. The van der Waals surface area contributed by atoms with Crippen LogP contribution >= 0.6 is 0 Å². The molecule has 2 fully saturated rings. The first-order valence-corrected chi connectivity index (χ1v) is 9.27. The number of likely N-dealkylation sites (tertiary alicyclic amines) is 1. The lowest BCUT2D eigenvalue weighted by Gasteiger charge is -2.38. The van der Waals surface area contributed by atoms with Gasteiger partial charge in [0.25, 0.3) is 12.3 Å². The van der Waals surface area contributed by atoms with E-state index in [1.54, 1.807) is 6.07 Å². The van der Waals surface area contributed by atoms with Gasteiger partial charge in [0, 0.05) is 18.8 Å². The van der Waals surface area contributed by atoms with E-state index in [9.17, 15) is 13.6 Å². The predicted molar refractivity (Wildman–Crippen MR) is 88.1 cm³/mol. The molecule has 1 amide bonds. The van der Waals surface area contributed by atoms with Crippen LogP contribution in [0.5, 0.6) is 0 Å². The van der Waals surface area contributed by atoms with E-state index in [1.165, 1.54) is 38.3 Å². The van der Waals surface area contributed by atoms with Crippen molar-refractivity contribution in [1.29, 1.82) is 0 Å². The maximum Gasteiger partial charge on any atom is 0.272 e. The summed E-state index contributed by atoms with van der Waals surface area (Å²) in [7, 11) is 0. The Morgan fingerprint density at radius 1 is 1.12 bits per heavy atom. The van der Waals surface area contributed by atoms with Gasteiger partial charge in [-0.1, -0.05) is 32.1 Å². The van der Waals surface area contributed by atoms with E-state index < -0.39 is 13.0 Å². The first-order chi connectivity index (χ1) is 11.7. The zero-order valence-electron chi connectivity index (χ0n) is 14.2. The molecule has 2 heterocycles. The fraction of sp³-hybridized carbons (Fsp3) is 0.778. The summed E-state index contributed by atoms with van der Waals surface area (Å²) in [6.45, 7) is 0.218. The highest BCUT2D eigenvalue weighted by Gasteiger charge is 2.34. The molecule has 1 saturated carbocycles. The van der Waals surface area contributed by atoms with Crippen LogP contribution in [0.1, 0.15) is 68.3 Å². The molecule has 134 valence electrons. The molecular weight excluding hydrogens is 312 g/mol. The van der Waals surface area contributed by atoms with Crippen LogP contribution in [0.2, 0.25) is 0 Å². The van der Waals surface area contributed by atoms with E-state index in [2.05, 4.69) is 5.10 Å². The third-order valence-electron chi connectivity index (χ3n) is 5.50. The zero-order chi connectivity index (χ0) is 16.9. The summed E-state index contributed by atoms with van der Waals surface area (Å²) >= 11 is 0. The first kappa shape index (κ1) is 17.4. The quantitative estimate of drug-likeness (QED) is 0.828. The summed E-state index contributed by atoms with van der Waals surface area (Å²) in [4.78, 5) is 15.1. The Labute approximate surface area is 142 Å². The van der Waals surface area contributed by atoms with Crippen LogP contribution in [-0.2, 0) is 6.54 Å². The molecule has 1 aromatic heterocycles. The number of rotatable bonds is 4. The van der Waals surface area contributed by atoms with E-state index in [-0.39, 0.29) is 11.9 Å². The van der Waals surface area contributed by atoms with Crippen molar-refractivity contribution < 1.29 is 13.6 Å². The van der Waals surface area contributed by atoms with Crippen molar-refractivity contribution in [3.63, 3.8) is 0 Å². The van der Waals surface area contributed by atoms with Gasteiger partial charge in [-0.25, -0.2) is 8.78 Å². The molecule has 24 heavy (non-hydrogen) atoms. The molecule has 0 bridgehead atoms. The highest BCUT2D eigenvalue weighted by atomic mass is 19.3. The molecular formula is C18H27F2N3O. The van der Waals surface area contributed by atoms with Crippen LogP contribution < -0.4 is 0 Å². The van der Waals surface area contributed by atoms with Gasteiger partial charge in [-0.05, 0) is 37.7 Å². The second-order valence-electron chi connectivity index (χ2n) is 7.10. The highest BCUT2D eigenvalue weighted by Crippen LogP contribution is 2.34. The van der Waals surface area contributed by atoms with Gasteiger partial charge in [0.15, 0.2) is 0 Å². The standard InChI is InChI=1S/C18H27F2N3O/c19-17(20)13-23-16(10-11-21-23)18(24)22-12-6-2-5-9-15(22)14-7-3-1-4-8-14/h10-11,14-15,17H,1-9,12-13H2/t15-/m1/s1. The van der Waals surface area contributed by atoms with Crippen molar-refractivity contribution >= 4 is 5.91 Å². The van der Waals surface area contributed by atoms with Crippen molar-refractivity contribution in [2.24, 2.45) is 5.92 Å². The molecule has 1 aliphatic heterocycles. The summed E-state index contributed by atoms with van der Waals surface area (Å²) in [5.74, 6) is 0.442. The predicted octanol–water partition coefficient (Wildman–Crippen LogP) is 4.11. The maximum absolute atomic E-state index is 13.1. The van der Waals surface area contributed by atoms with Gasteiger partial charge in [-0.2, -0.15) is 5.10 Å². The number of carbonyl (C=O) groups excluding carboxylic acids is 1. The lowest BCUT2D eigenvalue weighted by molar-refractivity contribution is 0.0553. The average molecular weight is 339 g/mol. The minimum absolute atomic E-state index is 0.120. The number of alkyl halides is 2. The van der Waals surface area contributed by atoms with E-state index in [4.69, 9.17) is 0 Å². The van der Waals surface area contributed by atoms with Crippen molar-refractivity contribution in [1.82, 2.24) is 14.7 Å². The Morgan fingerprint density at radius 2 is 1.83 bits per heavy atom. The molecule has 0 radical (unpaired) electrons. The Balaban J connectivity index is 1.80. The summed E-state index contributed by atoms with van der Waals surface area (Å²) in [6, 6.07) is 1.84. The monoisotopic (exact) mass is 339 g/mol. The molecule has 1 saturated heterocycles. The smallest absolute Gasteiger partial charge is 0.272 e. The molecule has 0 N–H and O–H groups in total. The van der Waals surface area contributed by atoms with Crippen LogP contribution in [0, 0.1) is 5.92 Å². The van der Waals surface area contributed by atoms with E-state index in [0.29, 0.717) is 11.6 Å². The van der Waals surface area contributed by atoms with Gasteiger partial charge in [0.05, 0.1) is 0 Å². The van der Waals surface area contributed by atoms with Crippen LogP contribution in [0.4, 0.5) is 8.78 Å². The molecule has 1 atom stereocenters. The van der Waals surface area contributed by atoms with Gasteiger partial charge in [0.2, 0.25) is 0 Å². The highest BCUT2D eigenvalue weighted by molar-refractivity contribution is 5.92. The molecule has 1 aromatic rings. The zero-order valence-corrected chi connectivity index (χ0v) is 14.2. The molecule has 6 heteroatoms. The number of aromatic nitrogens is 2. The molecule has 1 aliphatic carbocycles. The minimum atomic E-state index is -2.50. The average Bonchev–Trinajstić information content (AvgIpc) is 2.89. The fourth-order valence-corrected chi connectivity index (χ4v) is 4.33. The molecule has 0 aromatic carbocycles. The van der Waals surface area contributed by atoms with Crippen molar-refractivity contribution in [3.8, 4) is 0 Å². The second-order valence-corrected chi connectivity index (χ2v) is 7.10. The van der Waals surface area contributed by atoms with Gasteiger partial charge in [-0.15, -0.1) is 0 Å². The number of hydrogen-bond donors (Lipinski definition) is 0. The lowest BCUT2D eigenvalue weighted by atomic mass is 9.81. The maximum atomic E-state index is 13.1. The van der Waals surface area contributed by atoms with Crippen LogP contribution in [-0.4, -0.2) is 39.6 Å². The largest absolute Gasteiger partial charge is 0.334 e. The SMILES string of the molecule is O=C(c1ccnn1CC(F)F)N1CCCCC[C@@H]1C1CCCCC1. The van der Waals surface area contributed by atoms with Crippen LogP contribution in [0.3, 0.4) is 0 Å².